The highest BCUT2D eigenvalue weighted by atomic mass is 16.5. The standard InChI is InChI=1S/C28H40N6O3/c1-6-34(7-2)28-31-23-17-25(37-14-10-13-33-11-8-9-12-33)24(36-5)16-21(23)26(32-28)29-18-22-19(3)15-20(4)30-27(22)35/h15-17H,6-14,18H2,1-5H3,(H,30,35)(H,29,31,32). The van der Waals surface area contributed by atoms with Crippen molar-refractivity contribution in [2.45, 2.75) is 53.5 Å². The van der Waals surface area contributed by atoms with Crippen LogP contribution in [0.3, 0.4) is 0 Å². The van der Waals surface area contributed by atoms with Crippen LogP contribution in [0.5, 0.6) is 11.5 Å². The first-order valence-electron chi connectivity index (χ1n) is 13.4. The molecule has 1 fully saturated rings. The second kappa shape index (κ2) is 12.3. The number of benzene rings is 1. The molecule has 1 aliphatic rings. The first kappa shape index (κ1) is 26.7. The van der Waals surface area contributed by atoms with Crippen molar-refractivity contribution in [3.05, 3.63) is 45.4 Å². The molecule has 200 valence electrons. The Morgan fingerprint density at radius 1 is 1.08 bits per heavy atom. The molecule has 1 aromatic carbocycles. The molecule has 2 N–H and O–H groups in total. The van der Waals surface area contributed by atoms with E-state index in [-0.39, 0.29) is 5.56 Å². The summed E-state index contributed by atoms with van der Waals surface area (Å²) < 4.78 is 11.9. The summed E-state index contributed by atoms with van der Waals surface area (Å²) in [6.07, 6.45) is 3.55. The number of anilines is 2. The molecule has 0 saturated carbocycles. The van der Waals surface area contributed by atoms with Crippen molar-refractivity contribution in [3.8, 4) is 11.5 Å². The molecule has 0 bridgehead atoms. The zero-order valence-electron chi connectivity index (χ0n) is 22.8. The van der Waals surface area contributed by atoms with Crippen molar-refractivity contribution >= 4 is 22.7 Å². The van der Waals surface area contributed by atoms with Crippen molar-refractivity contribution in [1.82, 2.24) is 19.9 Å². The van der Waals surface area contributed by atoms with Gasteiger partial charge in [-0.3, -0.25) is 4.79 Å². The molecule has 9 nitrogen and oxygen atoms in total. The topological polar surface area (TPSA) is 95.6 Å². The van der Waals surface area contributed by atoms with Crippen LogP contribution in [0.4, 0.5) is 11.8 Å². The first-order valence-corrected chi connectivity index (χ1v) is 13.4. The van der Waals surface area contributed by atoms with Crippen LogP contribution in [0.25, 0.3) is 10.9 Å². The number of aryl methyl sites for hydroxylation is 2. The Kier molecular flexibility index (Phi) is 8.87. The van der Waals surface area contributed by atoms with Crippen LogP contribution in [0.15, 0.2) is 23.0 Å². The normalized spacial score (nSPS) is 13.8. The molecule has 4 rings (SSSR count). The Morgan fingerprint density at radius 2 is 1.84 bits per heavy atom. The third kappa shape index (κ3) is 6.33. The summed E-state index contributed by atoms with van der Waals surface area (Å²) in [5.74, 6) is 2.61. The van der Waals surface area contributed by atoms with E-state index in [1.807, 2.05) is 32.0 Å². The molecule has 3 heterocycles. The fourth-order valence-electron chi connectivity index (χ4n) is 4.93. The molecule has 0 radical (unpaired) electrons. The average molecular weight is 509 g/mol. The number of hydrogen-bond donors (Lipinski definition) is 2. The summed E-state index contributed by atoms with van der Waals surface area (Å²) in [6, 6.07) is 5.84. The Bertz CT molecular complexity index is 1260. The predicted molar refractivity (Wildman–Crippen MR) is 149 cm³/mol. The number of hydrogen-bond acceptors (Lipinski definition) is 8. The highest BCUT2D eigenvalue weighted by Gasteiger charge is 2.17. The number of methoxy groups -OCH3 is 1. The number of ether oxygens (including phenoxy) is 2. The lowest BCUT2D eigenvalue weighted by Crippen LogP contribution is -2.25. The fourth-order valence-corrected chi connectivity index (χ4v) is 4.93. The maximum absolute atomic E-state index is 12.6. The van der Waals surface area contributed by atoms with Gasteiger partial charge >= 0.3 is 0 Å². The first-order chi connectivity index (χ1) is 17.9. The Balaban J connectivity index is 1.64. The number of rotatable bonds is 12. The average Bonchev–Trinajstić information content (AvgIpc) is 3.40. The summed E-state index contributed by atoms with van der Waals surface area (Å²) >= 11 is 0. The smallest absolute Gasteiger partial charge is 0.253 e. The molecule has 0 unspecified atom stereocenters. The zero-order chi connectivity index (χ0) is 26.4. The van der Waals surface area contributed by atoms with E-state index in [0.29, 0.717) is 42.0 Å². The van der Waals surface area contributed by atoms with Crippen LogP contribution < -0.4 is 25.2 Å². The van der Waals surface area contributed by atoms with E-state index in [2.05, 4.69) is 33.9 Å². The van der Waals surface area contributed by atoms with Gasteiger partial charge in [-0.2, -0.15) is 4.98 Å². The van der Waals surface area contributed by atoms with Crippen LogP contribution in [-0.2, 0) is 6.54 Å². The molecule has 0 aliphatic carbocycles. The van der Waals surface area contributed by atoms with Crippen molar-refractivity contribution < 1.29 is 9.47 Å². The molecule has 1 saturated heterocycles. The number of nitrogens with zero attached hydrogens (tertiary/aromatic N) is 4. The lowest BCUT2D eigenvalue weighted by atomic mass is 10.1. The van der Waals surface area contributed by atoms with Crippen molar-refractivity contribution in [3.63, 3.8) is 0 Å². The second-order valence-corrected chi connectivity index (χ2v) is 9.61. The van der Waals surface area contributed by atoms with Crippen LogP contribution in [-0.4, -0.2) is 66.3 Å². The maximum atomic E-state index is 12.6. The van der Waals surface area contributed by atoms with Crippen molar-refractivity contribution in [2.24, 2.45) is 0 Å². The van der Waals surface area contributed by atoms with Gasteiger partial charge in [-0.25, -0.2) is 4.98 Å². The van der Waals surface area contributed by atoms with E-state index in [1.165, 1.54) is 25.9 Å². The summed E-state index contributed by atoms with van der Waals surface area (Å²) in [5.41, 5.74) is 3.16. The molecular weight excluding hydrogens is 468 g/mol. The number of pyridine rings is 1. The van der Waals surface area contributed by atoms with Crippen LogP contribution in [0.2, 0.25) is 0 Å². The van der Waals surface area contributed by atoms with Gasteiger partial charge in [-0.05, 0) is 77.7 Å². The fraction of sp³-hybridized carbons (Fsp3) is 0.536. The molecule has 0 atom stereocenters. The highest BCUT2D eigenvalue weighted by molar-refractivity contribution is 5.92. The van der Waals surface area contributed by atoms with Gasteiger partial charge in [0, 0.05) is 48.9 Å². The number of H-pyrrole nitrogens is 1. The van der Waals surface area contributed by atoms with Crippen molar-refractivity contribution in [2.75, 3.05) is 56.7 Å². The zero-order valence-corrected chi connectivity index (χ0v) is 22.8. The number of likely N-dealkylation sites (tertiary alicyclic amines) is 1. The molecule has 3 aromatic rings. The van der Waals surface area contributed by atoms with Crippen LogP contribution >= 0.6 is 0 Å². The number of aromatic nitrogens is 3. The Hall–Kier alpha value is -3.33. The second-order valence-electron chi connectivity index (χ2n) is 9.61. The Morgan fingerprint density at radius 3 is 2.51 bits per heavy atom. The summed E-state index contributed by atoms with van der Waals surface area (Å²) in [4.78, 5) is 29.8. The molecule has 9 heteroatoms. The van der Waals surface area contributed by atoms with E-state index in [4.69, 9.17) is 19.4 Å². The highest BCUT2D eigenvalue weighted by Crippen LogP contribution is 2.35. The van der Waals surface area contributed by atoms with Crippen LogP contribution in [0.1, 0.15) is 49.9 Å². The largest absolute Gasteiger partial charge is 0.493 e. The number of fused-ring (bicyclic) bond motifs is 1. The molecule has 0 spiro atoms. The molecule has 0 amide bonds. The molecule has 37 heavy (non-hydrogen) atoms. The summed E-state index contributed by atoms with van der Waals surface area (Å²) in [6.45, 7) is 14.0. The minimum Gasteiger partial charge on any atom is -0.493 e. The van der Waals surface area contributed by atoms with E-state index in [1.54, 1.807) is 7.11 Å². The van der Waals surface area contributed by atoms with Gasteiger partial charge < -0.3 is 29.6 Å². The van der Waals surface area contributed by atoms with Gasteiger partial charge in [0.1, 0.15) is 5.82 Å². The van der Waals surface area contributed by atoms with Crippen molar-refractivity contribution in [1.29, 1.82) is 0 Å². The third-order valence-electron chi connectivity index (χ3n) is 7.02. The SMILES string of the molecule is CCN(CC)c1nc(NCc2c(C)cc(C)[nH]c2=O)c2cc(OC)c(OCCCN3CCCC3)cc2n1. The minimum atomic E-state index is -0.0884. The lowest BCUT2D eigenvalue weighted by molar-refractivity contribution is 0.254. The lowest BCUT2D eigenvalue weighted by Gasteiger charge is -2.21. The van der Waals surface area contributed by atoms with E-state index < -0.39 is 0 Å². The summed E-state index contributed by atoms with van der Waals surface area (Å²) in [5, 5.41) is 4.22. The molecular formula is C28H40N6O3. The predicted octanol–water partition coefficient (Wildman–Crippen LogP) is 4.27. The van der Waals surface area contributed by atoms with Gasteiger partial charge in [0.05, 0.1) is 19.2 Å². The summed E-state index contributed by atoms with van der Waals surface area (Å²) in [7, 11) is 1.64. The van der Waals surface area contributed by atoms with E-state index >= 15 is 0 Å². The van der Waals surface area contributed by atoms with Gasteiger partial charge in [0.15, 0.2) is 11.5 Å². The third-order valence-corrected chi connectivity index (χ3v) is 7.02. The molecule has 2 aromatic heterocycles. The number of nitrogens with one attached hydrogen (secondary N) is 2. The minimum absolute atomic E-state index is 0.0884. The van der Waals surface area contributed by atoms with Gasteiger partial charge in [0.25, 0.3) is 5.56 Å². The maximum Gasteiger partial charge on any atom is 0.253 e. The van der Waals surface area contributed by atoms with Gasteiger partial charge in [-0.1, -0.05) is 0 Å². The van der Waals surface area contributed by atoms with Gasteiger partial charge in [-0.15, -0.1) is 0 Å². The van der Waals surface area contributed by atoms with E-state index in [9.17, 15) is 4.79 Å². The van der Waals surface area contributed by atoms with Crippen LogP contribution in [0, 0.1) is 13.8 Å². The van der Waals surface area contributed by atoms with E-state index in [0.717, 1.165) is 48.2 Å². The number of aromatic amines is 1. The Labute approximate surface area is 219 Å². The monoisotopic (exact) mass is 508 g/mol. The molecule has 1 aliphatic heterocycles. The quantitative estimate of drug-likeness (QED) is 0.350. The van der Waals surface area contributed by atoms with Gasteiger partial charge in [0.2, 0.25) is 5.95 Å².